The van der Waals surface area contributed by atoms with Gasteiger partial charge in [-0.25, -0.2) is 13.4 Å². The van der Waals surface area contributed by atoms with Crippen LogP contribution < -0.4 is 4.90 Å². The second kappa shape index (κ2) is 8.23. The highest BCUT2D eigenvalue weighted by Crippen LogP contribution is 2.32. The molecule has 0 bridgehead atoms. The molecule has 5 nitrogen and oxygen atoms in total. The van der Waals surface area contributed by atoms with Crippen LogP contribution in [0.5, 0.6) is 0 Å². The van der Waals surface area contributed by atoms with Crippen LogP contribution in [0.2, 0.25) is 10.0 Å². The Bertz CT molecular complexity index is 634. The molecule has 0 aromatic heterocycles. The maximum Gasteiger partial charge on any atom is 0.217 e. The van der Waals surface area contributed by atoms with Gasteiger partial charge in [0.25, 0.3) is 0 Å². The summed E-state index contributed by atoms with van der Waals surface area (Å²) in [6, 6.07) is 5.57. The van der Waals surface area contributed by atoms with Gasteiger partial charge in [0.15, 0.2) is 0 Å². The van der Waals surface area contributed by atoms with Crippen molar-refractivity contribution in [3.05, 3.63) is 28.2 Å². The number of nitrogens with zero attached hydrogens (tertiary/aromatic N) is 3. The summed E-state index contributed by atoms with van der Waals surface area (Å²) in [5, 5.41) is 3.28. The number of rotatable bonds is 4. The monoisotopic (exact) mass is 391 g/mol. The van der Waals surface area contributed by atoms with Crippen LogP contribution in [-0.2, 0) is 10.9 Å². The van der Waals surface area contributed by atoms with E-state index in [-0.39, 0.29) is 6.04 Å². The Morgan fingerprint density at radius 3 is 2.25 bits per heavy atom. The standard InChI is InChI=1S/C16H23Cl2N3O2S/c17-13-4-5-16(15(18)12-13)19-10-6-14(7-11-19)21(24(22)23)20-8-2-1-3-9-20/h4-5,12,14,24H,1-3,6-11H2. The third-order valence-electron chi connectivity index (χ3n) is 4.83. The van der Waals surface area contributed by atoms with Crippen molar-refractivity contribution in [2.45, 2.75) is 38.1 Å². The van der Waals surface area contributed by atoms with Crippen molar-refractivity contribution in [1.29, 1.82) is 0 Å². The number of thiol groups is 1. The van der Waals surface area contributed by atoms with Gasteiger partial charge in [0, 0.05) is 37.2 Å². The number of hydrogen-bond acceptors (Lipinski definition) is 4. The number of hydrogen-bond donors (Lipinski definition) is 1. The number of hydrazine groups is 1. The van der Waals surface area contributed by atoms with Gasteiger partial charge in [-0.15, -0.1) is 4.41 Å². The molecule has 0 amide bonds. The van der Waals surface area contributed by atoms with E-state index in [0.717, 1.165) is 57.5 Å². The van der Waals surface area contributed by atoms with Gasteiger partial charge in [-0.2, -0.15) is 0 Å². The van der Waals surface area contributed by atoms with Gasteiger partial charge in [-0.1, -0.05) is 29.6 Å². The third kappa shape index (κ3) is 4.17. The van der Waals surface area contributed by atoms with Crippen LogP contribution in [0.1, 0.15) is 32.1 Å². The highest BCUT2D eigenvalue weighted by molar-refractivity contribution is 7.69. The fraction of sp³-hybridized carbons (Fsp3) is 0.625. The molecule has 0 N–H and O–H groups in total. The molecule has 0 aliphatic carbocycles. The summed E-state index contributed by atoms with van der Waals surface area (Å²) in [5.41, 5.74) is 0.968. The average Bonchev–Trinajstić information content (AvgIpc) is 2.57. The highest BCUT2D eigenvalue weighted by atomic mass is 35.5. The summed E-state index contributed by atoms with van der Waals surface area (Å²) >= 11 is 12.3. The first-order valence-electron chi connectivity index (χ1n) is 8.44. The molecule has 24 heavy (non-hydrogen) atoms. The van der Waals surface area contributed by atoms with E-state index >= 15 is 0 Å². The summed E-state index contributed by atoms with van der Waals surface area (Å²) < 4.78 is 25.2. The fourth-order valence-electron chi connectivity index (χ4n) is 3.63. The van der Waals surface area contributed by atoms with E-state index in [1.165, 1.54) is 6.42 Å². The van der Waals surface area contributed by atoms with E-state index in [2.05, 4.69) is 4.90 Å². The van der Waals surface area contributed by atoms with Crippen LogP contribution in [0.25, 0.3) is 0 Å². The van der Waals surface area contributed by atoms with Crippen molar-refractivity contribution in [3.8, 4) is 0 Å². The molecule has 2 fully saturated rings. The number of halogens is 2. The molecule has 2 aliphatic heterocycles. The molecule has 0 unspecified atom stereocenters. The van der Waals surface area contributed by atoms with Crippen LogP contribution in [0, 0.1) is 0 Å². The molecule has 0 radical (unpaired) electrons. The molecule has 1 aromatic carbocycles. The van der Waals surface area contributed by atoms with Gasteiger partial charge in [0.2, 0.25) is 10.9 Å². The normalized spacial score (nSPS) is 20.9. The molecule has 2 heterocycles. The van der Waals surface area contributed by atoms with Crippen molar-refractivity contribution in [2.75, 3.05) is 31.1 Å². The lowest BCUT2D eigenvalue weighted by Gasteiger charge is -2.42. The minimum atomic E-state index is -2.59. The van der Waals surface area contributed by atoms with Crippen molar-refractivity contribution in [2.24, 2.45) is 0 Å². The zero-order chi connectivity index (χ0) is 17.1. The van der Waals surface area contributed by atoms with E-state index in [1.54, 1.807) is 10.5 Å². The maximum absolute atomic E-state index is 11.8. The molecule has 8 heteroatoms. The molecule has 3 rings (SSSR count). The summed E-state index contributed by atoms with van der Waals surface area (Å²) in [4.78, 5) is 2.21. The van der Waals surface area contributed by atoms with Crippen LogP contribution >= 0.6 is 23.2 Å². The van der Waals surface area contributed by atoms with Crippen molar-refractivity contribution in [1.82, 2.24) is 9.42 Å². The SMILES string of the molecule is O=[SH](=O)N(C1CCN(c2ccc(Cl)cc2Cl)CC1)N1CCCCC1. The first-order chi connectivity index (χ1) is 11.6. The molecule has 0 spiro atoms. The Morgan fingerprint density at radius 1 is 1.00 bits per heavy atom. The Labute approximate surface area is 155 Å². The number of benzene rings is 1. The maximum atomic E-state index is 11.8. The van der Waals surface area contributed by atoms with Crippen LogP contribution in [-0.4, -0.2) is 50.1 Å². The Kier molecular flexibility index (Phi) is 6.27. The highest BCUT2D eigenvalue weighted by Gasteiger charge is 2.31. The molecule has 0 saturated carbocycles. The molecule has 134 valence electrons. The summed E-state index contributed by atoms with van der Waals surface area (Å²) in [7, 11) is -2.59. The zero-order valence-electron chi connectivity index (χ0n) is 13.5. The van der Waals surface area contributed by atoms with Gasteiger partial charge in [0.05, 0.1) is 10.7 Å². The largest absolute Gasteiger partial charge is 0.370 e. The van der Waals surface area contributed by atoms with Crippen LogP contribution in [0.4, 0.5) is 5.69 Å². The molecule has 2 aliphatic rings. The molecule has 1 aromatic rings. The van der Waals surface area contributed by atoms with Crippen LogP contribution in [0.15, 0.2) is 18.2 Å². The predicted molar refractivity (Wildman–Crippen MR) is 99.3 cm³/mol. The van der Waals surface area contributed by atoms with Gasteiger partial charge < -0.3 is 4.90 Å². The van der Waals surface area contributed by atoms with E-state index in [4.69, 9.17) is 23.2 Å². The summed E-state index contributed by atoms with van der Waals surface area (Å²) in [5.74, 6) is 0. The average molecular weight is 392 g/mol. The second-order valence-corrected chi connectivity index (χ2v) is 8.12. The second-order valence-electron chi connectivity index (χ2n) is 6.39. The summed E-state index contributed by atoms with van der Waals surface area (Å²) in [6.45, 7) is 3.26. The smallest absolute Gasteiger partial charge is 0.217 e. The molecule has 2 saturated heterocycles. The lowest BCUT2D eigenvalue weighted by atomic mass is 10.0. The topological polar surface area (TPSA) is 43.9 Å². The third-order valence-corrected chi connectivity index (χ3v) is 6.28. The lowest BCUT2D eigenvalue weighted by Crippen LogP contribution is -2.53. The minimum absolute atomic E-state index is 0.0477. The fourth-order valence-corrected chi connectivity index (χ4v) is 5.04. The van der Waals surface area contributed by atoms with Gasteiger partial charge >= 0.3 is 0 Å². The quantitative estimate of drug-likeness (QED) is 0.800. The van der Waals surface area contributed by atoms with Crippen molar-refractivity contribution >= 4 is 39.8 Å². The zero-order valence-corrected chi connectivity index (χ0v) is 15.9. The molecular formula is C16H23Cl2N3O2S. The van der Waals surface area contributed by atoms with Gasteiger partial charge in [-0.3, -0.25) is 0 Å². The molecule has 0 atom stereocenters. The lowest BCUT2D eigenvalue weighted by molar-refractivity contribution is 0.00232. The van der Waals surface area contributed by atoms with Gasteiger partial charge in [-0.05, 0) is 43.9 Å². The van der Waals surface area contributed by atoms with E-state index in [1.807, 2.05) is 17.1 Å². The van der Waals surface area contributed by atoms with E-state index in [0.29, 0.717) is 10.0 Å². The summed E-state index contributed by atoms with van der Waals surface area (Å²) in [6.07, 6.45) is 4.93. The first kappa shape index (κ1) is 18.3. The van der Waals surface area contributed by atoms with E-state index < -0.39 is 10.9 Å². The Hall–Kier alpha value is -0.530. The van der Waals surface area contributed by atoms with Crippen molar-refractivity contribution < 1.29 is 8.42 Å². The Morgan fingerprint density at radius 2 is 1.67 bits per heavy atom. The minimum Gasteiger partial charge on any atom is -0.370 e. The van der Waals surface area contributed by atoms with Crippen LogP contribution in [0.3, 0.4) is 0 Å². The van der Waals surface area contributed by atoms with Crippen molar-refractivity contribution in [3.63, 3.8) is 0 Å². The van der Waals surface area contributed by atoms with Gasteiger partial charge in [0.1, 0.15) is 0 Å². The predicted octanol–water partition coefficient (Wildman–Crippen LogP) is 3.19. The first-order valence-corrected chi connectivity index (χ1v) is 10.3. The molecular weight excluding hydrogens is 369 g/mol. The number of piperidine rings is 2. The number of anilines is 1. The Balaban J connectivity index is 1.66. The van der Waals surface area contributed by atoms with E-state index in [9.17, 15) is 8.42 Å².